The van der Waals surface area contributed by atoms with E-state index in [2.05, 4.69) is 39.7 Å². The molecule has 4 heteroatoms. The summed E-state index contributed by atoms with van der Waals surface area (Å²) in [7, 11) is 0. The van der Waals surface area contributed by atoms with Crippen LogP contribution in [0, 0.1) is 18.8 Å². The molecule has 1 saturated carbocycles. The lowest BCUT2D eigenvalue weighted by atomic mass is 9.94. The zero-order valence-corrected chi connectivity index (χ0v) is 12.4. The largest absolute Gasteiger partial charge is 0.340 e. The van der Waals surface area contributed by atoms with E-state index in [1.165, 1.54) is 25.7 Å². The number of hydrogen-bond donors (Lipinski definition) is 1. The van der Waals surface area contributed by atoms with E-state index in [-0.39, 0.29) is 0 Å². The van der Waals surface area contributed by atoms with E-state index in [9.17, 15) is 0 Å². The predicted molar refractivity (Wildman–Crippen MR) is 79.7 cm³/mol. The van der Waals surface area contributed by atoms with Gasteiger partial charge >= 0.3 is 0 Å². The fraction of sp³-hybridized carbons (Fsp3) is 0.529. The SMILES string of the molecule is Cc1nc(CNC2C3CCC2Cc2ccccc2C3)no1. The number of nitrogens with zero attached hydrogens (tertiary/aromatic N) is 2. The quantitative estimate of drug-likeness (QED) is 0.941. The van der Waals surface area contributed by atoms with Crippen LogP contribution in [0.1, 0.15) is 35.7 Å². The lowest BCUT2D eigenvalue weighted by Gasteiger charge is -2.23. The van der Waals surface area contributed by atoms with Crippen LogP contribution in [0.2, 0.25) is 0 Å². The summed E-state index contributed by atoms with van der Waals surface area (Å²) in [6, 6.07) is 9.52. The van der Waals surface area contributed by atoms with Crippen LogP contribution in [0.25, 0.3) is 0 Å². The molecule has 4 rings (SSSR count). The Balaban J connectivity index is 1.50. The van der Waals surface area contributed by atoms with Crippen molar-refractivity contribution in [1.82, 2.24) is 15.5 Å². The van der Waals surface area contributed by atoms with Gasteiger partial charge in [-0.25, -0.2) is 0 Å². The van der Waals surface area contributed by atoms with E-state index >= 15 is 0 Å². The van der Waals surface area contributed by atoms with E-state index in [1.54, 1.807) is 11.1 Å². The molecular weight excluding hydrogens is 262 g/mol. The van der Waals surface area contributed by atoms with Gasteiger partial charge in [0.05, 0.1) is 6.54 Å². The minimum absolute atomic E-state index is 0.580. The van der Waals surface area contributed by atoms with Gasteiger partial charge in [0, 0.05) is 13.0 Å². The van der Waals surface area contributed by atoms with Crippen molar-refractivity contribution >= 4 is 0 Å². The topological polar surface area (TPSA) is 51.0 Å². The Kier molecular flexibility index (Phi) is 3.26. The summed E-state index contributed by atoms with van der Waals surface area (Å²) in [4.78, 5) is 4.29. The van der Waals surface area contributed by atoms with Gasteiger partial charge in [0.25, 0.3) is 0 Å². The number of fused-ring (bicyclic) bond motifs is 3. The Morgan fingerprint density at radius 3 is 2.38 bits per heavy atom. The Hall–Kier alpha value is -1.68. The normalized spacial score (nSPS) is 27.4. The van der Waals surface area contributed by atoms with Gasteiger partial charge in [-0.05, 0) is 48.6 Å². The van der Waals surface area contributed by atoms with Crippen LogP contribution in [0.3, 0.4) is 0 Å². The fourth-order valence-corrected chi connectivity index (χ4v) is 4.11. The maximum Gasteiger partial charge on any atom is 0.223 e. The second-order valence-corrected chi connectivity index (χ2v) is 6.41. The number of nitrogens with one attached hydrogen (secondary N) is 1. The van der Waals surface area contributed by atoms with E-state index in [1.807, 2.05) is 6.92 Å². The highest BCUT2D eigenvalue weighted by Gasteiger charge is 2.38. The molecule has 4 nitrogen and oxygen atoms in total. The molecule has 1 aromatic heterocycles. The van der Waals surface area contributed by atoms with Crippen molar-refractivity contribution in [3.8, 4) is 0 Å². The van der Waals surface area contributed by atoms with Crippen LogP contribution in [0.5, 0.6) is 0 Å². The molecule has 0 saturated heterocycles. The Morgan fingerprint density at radius 2 is 1.81 bits per heavy atom. The Bertz CT molecular complexity index is 603. The Morgan fingerprint density at radius 1 is 1.14 bits per heavy atom. The van der Waals surface area contributed by atoms with Crippen molar-refractivity contribution in [2.45, 2.75) is 45.2 Å². The maximum absolute atomic E-state index is 5.05. The number of aryl methyl sites for hydroxylation is 1. The number of benzene rings is 1. The van der Waals surface area contributed by atoms with Crippen LogP contribution in [-0.4, -0.2) is 16.2 Å². The van der Waals surface area contributed by atoms with Gasteiger partial charge in [0.2, 0.25) is 5.89 Å². The molecule has 0 amide bonds. The van der Waals surface area contributed by atoms with E-state index in [4.69, 9.17) is 4.52 Å². The first-order valence-corrected chi connectivity index (χ1v) is 7.89. The molecule has 2 unspecified atom stereocenters. The smallest absolute Gasteiger partial charge is 0.223 e. The second-order valence-electron chi connectivity index (χ2n) is 6.41. The number of rotatable bonds is 3. The third-order valence-electron chi connectivity index (χ3n) is 5.07. The molecular formula is C17H21N3O. The predicted octanol–water partition coefficient (Wildman–Crippen LogP) is 2.66. The fourth-order valence-electron chi connectivity index (χ4n) is 4.11. The molecule has 1 N–H and O–H groups in total. The lowest BCUT2D eigenvalue weighted by Crippen LogP contribution is -2.37. The third-order valence-corrected chi connectivity index (χ3v) is 5.07. The standard InChI is InChI=1S/C17H21N3O/c1-11-19-16(20-21-11)10-18-17-14-6-7-15(17)9-13-5-3-2-4-12(13)8-14/h2-5,14-15,17-18H,6-10H2,1H3. The van der Waals surface area contributed by atoms with Gasteiger partial charge in [0.1, 0.15) is 0 Å². The summed E-state index contributed by atoms with van der Waals surface area (Å²) in [6.45, 7) is 2.55. The van der Waals surface area contributed by atoms with Gasteiger partial charge in [-0.1, -0.05) is 29.4 Å². The summed E-state index contributed by atoms with van der Waals surface area (Å²) < 4.78 is 5.05. The van der Waals surface area contributed by atoms with Crippen LogP contribution in [-0.2, 0) is 19.4 Å². The average molecular weight is 283 g/mol. The molecule has 0 spiro atoms. The molecule has 2 aromatic rings. The zero-order chi connectivity index (χ0) is 14.2. The zero-order valence-electron chi connectivity index (χ0n) is 12.4. The van der Waals surface area contributed by atoms with Crippen LogP contribution < -0.4 is 5.32 Å². The highest BCUT2D eigenvalue weighted by atomic mass is 16.5. The maximum atomic E-state index is 5.05. The highest BCUT2D eigenvalue weighted by Crippen LogP contribution is 2.40. The van der Waals surface area contributed by atoms with Crippen LogP contribution in [0.4, 0.5) is 0 Å². The van der Waals surface area contributed by atoms with Crippen molar-refractivity contribution < 1.29 is 4.52 Å². The number of aromatic nitrogens is 2. The molecule has 2 bridgehead atoms. The van der Waals surface area contributed by atoms with Gasteiger partial charge in [-0.3, -0.25) is 0 Å². The molecule has 2 atom stereocenters. The minimum Gasteiger partial charge on any atom is -0.340 e. The summed E-state index contributed by atoms with van der Waals surface area (Å²) in [6.07, 6.45) is 5.08. The monoisotopic (exact) mass is 283 g/mol. The Labute approximate surface area is 124 Å². The van der Waals surface area contributed by atoms with Crippen molar-refractivity contribution in [2.24, 2.45) is 11.8 Å². The summed E-state index contributed by atoms with van der Waals surface area (Å²) >= 11 is 0. The van der Waals surface area contributed by atoms with E-state index < -0.39 is 0 Å². The first kappa shape index (κ1) is 13.0. The molecule has 110 valence electrons. The van der Waals surface area contributed by atoms with Gasteiger partial charge in [-0.15, -0.1) is 0 Å². The molecule has 1 fully saturated rings. The van der Waals surface area contributed by atoms with Crippen molar-refractivity contribution in [3.05, 3.63) is 47.1 Å². The average Bonchev–Trinajstić information content (AvgIpc) is 2.99. The van der Waals surface area contributed by atoms with Gasteiger partial charge < -0.3 is 9.84 Å². The van der Waals surface area contributed by atoms with Crippen molar-refractivity contribution in [3.63, 3.8) is 0 Å². The molecule has 1 heterocycles. The molecule has 2 aliphatic rings. The molecule has 0 radical (unpaired) electrons. The van der Waals surface area contributed by atoms with Crippen molar-refractivity contribution in [2.75, 3.05) is 0 Å². The van der Waals surface area contributed by atoms with Crippen LogP contribution >= 0.6 is 0 Å². The second kappa shape index (κ2) is 5.26. The van der Waals surface area contributed by atoms with E-state index in [0.29, 0.717) is 18.5 Å². The number of hydrogen-bond acceptors (Lipinski definition) is 4. The van der Waals surface area contributed by atoms with Crippen molar-refractivity contribution in [1.29, 1.82) is 0 Å². The molecule has 2 aliphatic carbocycles. The lowest BCUT2D eigenvalue weighted by molar-refractivity contribution is 0.331. The summed E-state index contributed by atoms with van der Waals surface area (Å²) in [5, 5.41) is 7.69. The highest BCUT2D eigenvalue weighted by molar-refractivity contribution is 5.30. The third kappa shape index (κ3) is 2.48. The molecule has 21 heavy (non-hydrogen) atoms. The van der Waals surface area contributed by atoms with E-state index in [0.717, 1.165) is 17.7 Å². The summed E-state index contributed by atoms with van der Waals surface area (Å²) in [5.41, 5.74) is 3.10. The van der Waals surface area contributed by atoms with Gasteiger partial charge in [-0.2, -0.15) is 4.98 Å². The first-order valence-electron chi connectivity index (χ1n) is 7.89. The summed E-state index contributed by atoms with van der Waals surface area (Å²) in [5.74, 6) is 2.90. The van der Waals surface area contributed by atoms with Crippen LogP contribution in [0.15, 0.2) is 28.8 Å². The first-order chi connectivity index (χ1) is 10.3. The minimum atomic E-state index is 0.580. The molecule has 0 aliphatic heterocycles. The molecule has 1 aromatic carbocycles. The van der Waals surface area contributed by atoms with Gasteiger partial charge in [0.15, 0.2) is 5.82 Å².